The van der Waals surface area contributed by atoms with E-state index >= 15 is 0 Å². The van der Waals surface area contributed by atoms with Crippen molar-refractivity contribution < 1.29 is 19.1 Å². The first-order valence-electron chi connectivity index (χ1n) is 8.99. The highest BCUT2D eigenvalue weighted by Gasteiger charge is 2.27. The molecule has 0 unspecified atom stereocenters. The van der Waals surface area contributed by atoms with Gasteiger partial charge < -0.3 is 14.8 Å². The van der Waals surface area contributed by atoms with Crippen molar-refractivity contribution in [1.82, 2.24) is 5.32 Å². The molecule has 142 valence electrons. The number of nitrogens with one attached hydrogen (secondary N) is 1. The number of carbonyl (C=O) groups excluding carboxylic acids is 2. The highest BCUT2D eigenvalue weighted by atomic mass is 32.2. The molecule has 0 spiro atoms. The molecule has 1 fully saturated rings. The summed E-state index contributed by atoms with van der Waals surface area (Å²) in [5, 5.41) is 2.93. The van der Waals surface area contributed by atoms with Crippen molar-refractivity contribution in [2.45, 2.75) is 36.0 Å². The predicted octanol–water partition coefficient (Wildman–Crippen LogP) is 3.98. The third-order valence-corrected chi connectivity index (χ3v) is 5.77. The topological polar surface area (TPSA) is 64.6 Å². The van der Waals surface area contributed by atoms with E-state index in [1.165, 1.54) is 11.8 Å². The monoisotopic (exact) mass is 385 g/mol. The number of thioether (sulfide) groups is 1. The smallest absolute Gasteiger partial charge is 0.319 e. The summed E-state index contributed by atoms with van der Waals surface area (Å²) in [4.78, 5) is 25.1. The Bertz CT molecular complexity index is 789. The number of cyclic esters (lactones) is 1. The van der Waals surface area contributed by atoms with E-state index in [9.17, 15) is 9.59 Å². The Morgan fingerprint density at radius 3 is 2.48 bits per heavy atom. The molecule has 1 heterocycles. The van der Waals surface area contributed by atoms with Crippen LogP contribution in [0.15, 0.2) is 53.4 Å². The molecule has 27 heavy (non-hydrogen) atoms. The molecule has 0 saturated carbocycles. The first-order valence-corrected chi connectivity index (χ1v) is 9.87. The van der Waals surface area contributed by atoms with E-state index < -0.39 is 0 Å². The normalized spacial score (nSPS) is 17.3. The molecule has 5 nitrogen and oxygen atoms in total. The lowest BCUT2D eigenvalue weighted by Crippen LogP contribution is -2.28. The molecule has 0 aromatic heterocycles. The van der Waals surface area contributed by atoms with Gasteiger partial charge in [0.1, 0.15) is 11.0 Å². The maximum Gasteiger partial charge on any atom is 0.319 e. The first kappa shape index (κ1) is 19.3. The lowest BCUT2D eigenvalue weighted by atomic mass is 10.0. The summed E-state index contributed by atoms with van der Waals surface area (Å²) in [7, 11) is 1.63. The molecule has 1 aliphatic rings. The van der Waals surface area contributed by atoms with Gasteiger partial charge in [-0.25, -0.2) is 0 Å². The molecule has 2 atom stereocenters. The summed E-state index contributed by atoms with van der Waals surface area (Å²) < 4.78 is 10.2. The van der Waals surface area contributed by atoms with Crippen molar-refractivity contribution in [1.29, 1.82) is 0 Å². The number of amides is 1. The maximum absolute atomic E-state index is 12.6. The van der Waals surface area contributed by atoms with Gasteiger partial charge in [0.2, 0.25) is 0 Å². The quantitative estimate of drug-likeness (QED) is 0.730. The van der Waals surface area contributed by atoms with Crippen LogP contribution in [0.5, 0.6) is 5.75 Å². The van der Waals surface area contributed by atoms with Crippen molar-refractivity contribution in [2.24, 2.45) is 0 Å². The van der Waals surface area contributed by atoms with Gasteiger partial charge in [0.25, 0.3) is 5.91 Å². The molecular weight excluding hydrogens is 362 g/mol. The fourth-order valence-electron chi connectivity index (χ4n) is 2.93. The fourth-order valence-corrected chi connectivity index (χ4v) is 3.93. The van der Waals surface area contributed by atoms with E-state index in [1.807, 2.05) is 43.3 Å². The molecule has 1 amide bonds. The molecule has 2 aromatic carbocycles. The van der Waals surface area contributed by atoms with Gasteiger partial charge in [0, 0.05) is 16.9 Å². The van der Waals surface area contributed by atoms with Crippen LogP contribution in [0.25, 0.3) is 0 Å². The molecule has 1 saturated heterocycles. The summed E-state index contributed by atoms with van der Waals surface area (Å²) in [6.07, 6.45) is 1.52. The fraction of sp³-hybridized carbons (Fsp3) is 0.333. The van der Waals surface area contributed by atoms with Crippen LogP contribution in [0.3, 0.4) is 0 Å². The van der Waals surface area contributed by atoms with E-state index in [4.69, 9.17) is 9.47 Å². The first-order chi connectivity index (χ1) is 13.1. The van der Waals surface area contributed by atoms with Crippen LogP contribution in [0.1, 0.15) is 41.7 Å². The Hall–Kier alpha value is -2.47. The highest BCUT2D eigenvalue weighted by molar-refractivity contribution is 8.00. The van der Waals surface area contributed by atoms with Crippen LogP contribution in [-0.4, -0.2) is 30.8 Å². The maximum atomic E-state index is 12.6. The lowest BCUT2D eigenvalue weighted by molar-refractivity contribution is -0.137. The zero-order valence-corrected chi connectivity index (χ0v) is 16.3. The van der Waals surface area contributed by atoms with E-state index in [0.717, 1.165) is 29.1 Å². The van der Waals surface area contributed by atoms with Crippen LogP contribution in [0.4, 0.5) is 0 Å². The van der Waals surface area contributed by atoms with E-state index in [-0.39, 0.29) is 23.2 Å². The average Bonchev–Trinajstić information content (AvgIpc) is 3.11. The predicted molar refractivity (Wildman–Crippen MR) is 105 cm³/mol. The highest BCUT2D eigenvalue weighted by Crippen LogP contribution is 2.29. The molecule has 0 aliphatic carbocycles. The summed E-state index contributed by atoms with van der Waals surface area (Å²) in [6.45, 7) is 2.52. The van der Waals surface area contributed by atoms with Gasteiger partial charge in [0.05, 0.1) is 19.8 Å². The minimum atomic E-state index is -0.160. The molecule has 0 bridgehead atoms. The van der Waals surface area contributed by atoms with Crippen molar-refractivity contribution in [3.05, 3.63) is 59.7 Å². The Labute approximate surface area is 163 Å². The zero-order chi connectivity index (χ0) is 19.2. The van der Waals surface area contributed by atoms with Crippen molar-refractivity contribution in [2.75, 3.05) is 13.7 Å². The molecular formula is C21H23NO4S. The Kier molecular flexibility index (Phi) is 6.40. The number of esters is 1. The van der Waals surface area contributed by atoms with Crippen molar-refractivity contribution in [3.63, 3.8) is 0 Å². The second-order valence-corrected chi connectivity index (χ2v) is 7.57. The van der Waals surface area contributed by atoms with Crippen LogP contribution in [0, 0.1) is 0 Å². The molecule has 0 radical (unpaired) electrons. The second kappa shape index (κ2) is 8.95. The van der Waals surface area contributed by atoms with Crippen molar-refractivity contribution in [3.8, 4) is 5.75 Å². The van der Waals surface area contributed by atoms with Crippen LogP contribution in [0.2, 0.25) is 0 Å². The van der Waals surface area contributed by atoms with Gasteiger partial charge in [-0.15, -0.1) is 11.8 Å². The lowest BCUT2D eigenvalue weighted by Gasteiger charge is -2.18. The molecule has 3 rings (SSSR count). The Balaban J connectivity index is 1.62. The number of hydrogen-bond acceptors (Lipinski definition) is 5. The number of carbonyl (C=O) groups is 2. The average molecular weight is 385 g/mol. The number of ether oxygens (including phenoxy) is 2. The van der Waals surface area contributed by atoms with E-state index in [1.54, 1.807) is 19.2 Å². The van der Waals surface area contributed by atoms with Gasteiger partial charge in [-0.1, -0.05) is 19.1 Å². The van der Waals surface area contributed by atoms with Gasteiger partial charge in [0.15, 0.2) is 0 Å². The van der Waals surface area contributed by atoms with Crippen molar-refractivity contribution >= 4 is 23.6 Å². The van der Waals surface area contributed by atoms with E-state index in [0.29, 0.717) is 12.2 Å². The van der Waals surface area contributed by atoms with E-state index in [2.05, 4.69) is 5.32 Å². The van der Waals surface area contributed by atoms with Crippen LogP contribution >= 0.6 is 11.8 Å². The molecule has 1 aliphatic heterocycles. The second-order valence-electron chi connectivity index (χ2n) is 6.29. The Morgan fingerprint density at radius 1 is 1.22 bits per heavy atom. The molecule has 1 N–H and O–H groups in total. The standard InChI is InChI=1S/C21H23NO4S/c1-3-18(14-4-8-16(25-2)9-5-14)22-20(23)15-6-10-17(11-7-15)27-19-12-13-26-21(19)24/h4-11,18-19H,3,12-13H2,1-2H3,(H,22,23)/t18-,19-/m1/s1. The number of methoxy groups -OCH3 is 1. The third-order valence-electron chi connectivity index (χ3n) is 4.51. The summed E-state index contributed by atoms with van der Waals surface area (Å²) in [6, 6.07) is 15.0. The largest absolute Gasteiger partial charge is 0.497 e. The minimum Gasteiger partial charge on any atom is -0.497 e. The Morgan fingerprint density at radius 2 is 1.93 bits per heavy atom. The van der Waals surface area contributed by atoms with Gasteiger partial charge in [-0.05, 0) is 48.4 Å². The molecule has 2 aromatic rings. The zero-order valence-electron chi connectivity index (χ0n) is 15.4. The number of hydrogen-bond donors (Lipinski definition) is 1. The van der Waals surface area contributed by atoms with Crippen LogP contribution < -0.4 is 10.1 Å². The molecule has 6 heteroatoms. The SMILES string of the molecule is CC[C@@H](NC(=O)c1ccc(S[C@@H]2CCOC2=O)cc1)c1ccc(OC)cc1. The van der Waals surface area contributed by atoms with Gasteiger partial charge in [-0.2, -0.15) is 0 Å². The van der Waals surface area contributed by atoms with Crippen LogP contribution in [-0.2, 0) is 9.53 Å². The van der Waals surface area contributed by atoms with Gasteiger partial charge in [-0.3, -0.25) is 9.59 Å². The number of rotatable bonds is 7. The third kappa shape index (κ3) is 4.83. The summed E-state index contributed by atoms with van der Waals surface area (Å²) in [5.41, 5.74) is 1.64. The summed E-state index contributed by atoms with van der Waals surface area (Å²) in [5.74, 6) is 0.515. The minimum absolute atomic E-state index is 0.0642. The number of benzene rings is 2. The van der Waals surface area contributed by atoms with Gasteiger partial charge >= 0.3 is 5.97 Å². The summed E-state index contributed by atoms with van der Waals surface area (Å²) >= 11 is 1.48.